The zero-order chi connectivity index (χ0) is 19.3. The molecule has 0 fully saturated rings. The summed E-state index contributed by atoms with van der Waals surface area (Å²) in [6.07, 6.45) is 1.56. The SMILES string of the molecule is O=C1c2oc3ccc(Cl)cc3c(=O)c2[C@H](c2ccccc2)N1Cc1ccco1. The molecule has 5 rings (SSSR count). The van der Waals surface area contributed by atoms with E-state index in [1.807, 2.05) is 30.3 Å². The number of hydrogen-bond donors (Lipinski definition) is 0. The number of amides is 1. The zero-order valence-electron chi connectivity index (χ0n) is 14.6. The molecule has 0 radical (unpaired) electrons. The van der Waals surface area contributed by atoms with Crippen LogP contribution in [0.2, 0.25) is 5.02 Å². The van der Waals surface area contributed by atoms with Crippen LogP contribution in [0.15, 0.2) is 80.6 Å². The van der Waals surface area contributed by atoms with E-state index in [2.05, 4.69) is 0 Å². The number of rotatable bonds is 3. The third-order valence-corrected chi connectivity index (χ3v) is 5.18. The van der Waals surface area contributed by atoms with E-state index in [0.717, 1.165) is 5.56 Å². The van der Waals surface area contributed by atoms with Crippen LogP contribution in [0, 0.1) is 0 Å². The highest BCUT2D eigenvalue weighted by atomic mass is 35.5. The molecule has 28 heavy (non-hydrogen) atoms. The van der Waals surface area contributed by atoms with Gasteiger partial charge in [-0.15, -0.1) is 0 Å². The van der Waals surface area contributed by atoms with Crippen molar-refractivity contribution in [1.29, 1.82) is 0 Å². The zero-order valence-corrected chi connectivity index (χ0v) is 15.3. The summed E-state index contributed by atoms with van der Waals surface area (Å²) < 4.78 is 11.3. The summed E-state index contributed by atoms with van der Waals surface area (Å²) in [7, 11) is 0. The normalized spacial score (nSPS) is 16.0. The van der Waals surface area contributed by atoms with E-state index < -0.39 is 6.04 Å². The van der Waals surface area contributed by atoms with Crippen LogP contribution < -0.4 is 5.43 Å². The van der Waals surface area contributed by atoms with Crippen LogP contribution in [0.1, 0.15) is 33.5 Å². The second-order valence-corrected chi connectivity index (χ2v) is 7.08. The van der Waals surface area contributed by atoms with Crippen molar-refractivity contribution in [3.05, 3.63) is 105 Å². The maximum atomic E-state index is 13.3. The average molecular weight is 392 g/mol. The van der Waals surface area contributed by atoms with Crippen LogP contribution >= 0.6 is 11.6 Å². The van der Waals surface area contributed by atoms with Gasteiger partial charge in [-0.05, 0) is 35.9 Å². The maximum absolute atomic E-state index is 13.3. The third kappa shape index (κ3) is 2.55. The first-order valence-electron chi connectivity index (χ1n) is 8.78. The maximum Gasteiger partial charge on any atom is 0.291 e. The number of benzene rings is 2. The van der Waals surface area contributed by atoms with Crippen LogP contribution in [-0.4, -0.2) is 10.8 Å². The Morgan fingerprint density at radius 3 is 2.57 bits per heavy atom. The van der Waals surface area contributed by atoms with Crippen LogP contribution in [-0.2, 0) is 6.54 Å². The Labute approximate surface area is 164 Å². The van der Waals surface area contributed by atoms with E-state index in [1.165, 1.54) is 0 Å². The van der Waals surface area contributed by atoms with Crippen molar-refractivity contribution in [2.45, 2.75) is 12.6 Å². The fraction of sp³-hybridized carbons (Fsp3) is 0.0909. The van der Waals surface area contributed by atoms with Gasteiger partial charge in [0.2, 0.25) is 5.76 Å². The predicted molar refractivity (Wildman–Crippen MR) is 104 cm³/mol. The Morgan fingerprint density at radius 1 is 1.00 bits per heavy atom. The molecule has 4 aromatic rings. The first-order valence-corrected chi connectivity index (χ1v) is 9.16. The van der Waals surface area contributed by atoms with E-state index in [1.54, 1.807) is 41.5 Å². The minimum Gasteiger partial charge on any atom is -0.467 e. The molecule has 5 nitrogen and oxygen atoms in total. The van der Waals surface area contributed by atoms with Gasteiger partial charge < -0.3 is 13.7 Å². The fourth-order valence-corrected chi connectivity index (χ4v) is 3.88. The topological polar surface area (TPSA) is 63.7 Å². The van der Waals surface area contributed by atoms with Crippen molar-refractivity contribution < 1.29 is 13.6 Å². The highest BCUT2D eigenvalue weighted by molar-refractivity contribution is 6.31. The molecule has 0 saturated heterocycles. The van der Waals surface area contributed by atoms with Gasteiger partial charge in [-0.25, -0.2) is 0 Å². The van der Waals surface area contributed by atoms with Gasteiger partial charge in [-0.2, -0.15) is 0 Å². The summed E-state index contributed by atoms with van der Waals surface area (Å²) in [5.74, 6) is 0.358. The van der Waals surface area contributed by atoms with Crippen LogP contribution in [0.3, 0.4) is 0 Å². The van der Waals surface area contributed by atoms with Gasteiger partial charge >= 0.3 is 0 Å². The van der Waals surface area contributed by atoms with E-state index in [-0.39, 0.29) is 23.6 Å². The lowest BCUT2D eigenvalue weighted by Crippen LogP contribution is -2.29. The summed E-state index contributed by atoms with van der Waals surface area (Å²) in [4.78, 5) is 28.1. The Hall–Kier alpha value is -3.31. The van der Waals surface area contributed by atoms with E-state index >= 15 is 0 Å². The largest absolute Gasteiger partial charge is 0.467 e. The molecule has 0 aliphatic carbocycles. The lowest BCUT2D eigenvalue weighted by atomic mass is 9.98. The smallest absolute Gasteiger partial charge is 0.291 e. The Kier molecular flexibility index (Phi) is 3.84. The van der Waals surface area contributed by atoms with Crippen LogP contribution in [0.5, 0.6) is 0 Å². The highest BCUT2D eigenvalue weighted by Crippen LogP contribution is 2.39. The highest BCUT2D eigenvalue weighted by Gasteiger charge is 2.43. The number of hydrogen-bond acceptors (Lipinski definition) is 4. The summed E-state index contributed by atoms with van der Waals surface area (Å²) in [6.45, 7) is 0.228. The predicted octanol–water partition coefficient (Wildman–Crippen LogP) is 4.78. The molecule has 0 bridgehead atoms. The molecule has 0 N–H and O–H groups in total. The molecule has 0 spiro atoms. The molecule has 2 aromatic carbocycles. The minimum atomic E-state index is -0.562. The molecule has 2 aromatic heterocycles. The second-order valence-electron chi connectivity index (χ2n) is 6.64. The van der Waals surface area contributed by atoms with Crippen molar-refractivity contribution in [2.75, 3.05) is 0 Å². The average Bonchev–Trinajstić information content (AvgIpc) is 3.31. The van der Waals surface area contributed by atoms with Crippen LogP contribution in [0.4, 0.5) is 0 Å². The molecular weight excluding hydrogens is 378 g/mol. The lowest BCUT2D eigenvalue weighted by Gasteiger charge is -2.24. The Balaban J connectivity index is 1.76. The molecule has 1 aliphatic rings. The number of carbonyl (C=O) groups is 1. The molecule has 6 heteroatoms. The number of fused-ring (bicyclic) bond motifs is 2. The second kappa shape index (κ2) is 6.39. The lowest BCUT2D eigenvalue weighted by molar-refractivity contribution is 0.0701. The molecule has 3 heterocycles. The van der Waals surface area contributed by atoms with Crippen LogP contribution in [0.25, 0.3) is 11.0 Å². The summed E-state index contributed by atoms with van der Waals surface area (Å²) >= 11 is 6.08. The van der Waals surface area contributed by atoms with Gasteiger partial charge in [0.1, 0.15) is 11.3 Å². The van der Waals surface area contributed by atoms with Crippen molar-refractivity contribution in [1.82, 2.24) is 4.90 Å². The van der Waals surface area contributed by atoms with E-state index in [0.29, 0.717) is 27.3 Å². The van der Waals surface area contributed by atoms with Gasteiger partial charge in [0.15, 0.2) is 5.43 Å². The van der Waals surface area contributed by atoms with Crippen molar-refractivity contribution in [2.24, 2.45) is 0 Å². The van der Waals surface area contributed by atoms with Gasteiger partial charge in [-0.3, -0.25) is 9.59 Å². The molecule has 138 valence electrons. The van der Waals surface area contributed by atoms with Gasteiger partial charge in [-0.1, -0.05) is 41.9 Å². The Bertz CT molecular complexity index is 1250. The molecule has 0 unspecified atom stereocenters. The fourth-order valence-electron chi connectivity index (χ4n) is 3.71. The summed E-state index contributed by atoms with van der Waals surface area (Å²) in [6, 6.07) is 17.2. The third-order valence-electron chi connectivity index (χ3n) is 4.95. The van der Waals surface area contributed by atoms with Gasteiger partial charge in [0.05, 0.1) is 29.8 Å². The molecule has 1 amide bonds. The minimum absolute atomic E-state index is 0.0697. The van der Waals surface area contributed by atoms with E-state index in [9.17, 15) is 9.59 Å². The monoisotopic (exact) mass is 391 g/mol. The molecule has 0 saturated carbocycles. The quantitative estimate of drug-likeness (QED) is 0.504. The number of halogens is 1. The standard InChI is InChI=1S/C22H14ClNO4/c23-14-8-9-17-16(11-14)20(25)18-19(13-5-2-1-3-6-13)24(22(26)21(18)28-17)12-15-7-4-10-27-15/h1-11,19H,12H2/t19-/m0/s1. The first-order chi connectivity index (χ1) is 13.6. The van der Waals surface area contributed by atoms with Gasteiger partial charge in [0.25, 0.3) is 5.91 Å². The van der Waals surface area contributed by atoms with E-state index in [4.69, 9.17) is 20.4 Å². The molecular formula is C22H14ClNO4. The Morgan fingerprint density at radius 2 is 1.82 bits per heavy atom. The van der Waals surface area contributed by atoms with Crippen molar-refractivity contribution in [3.8, 4) is 0 Å². The molecule has 1 aliphatic heterocycles. The number of furan rings is 1. The number of carbonyl (C=O) groups excluding carboxylic acids is 1. The molecule has 1 atom stereocenters. The number of nitrogens with zero attached hydrogens (tertiary/aromatic N) is 1. The van der Waals surface area contributed by atoms with Gasteiger partial charge in [0, 0.05) is 5.02 Å². The van der Waals surface area contributed by atoms with Crippen molar-refractivity contribution >= 4 is 28.5 Å². The summed E-state index contributed by atoms with van der Waals surface area (Å²) in [5.41, 5.74) is 1.25. The van der Waals surface area contributed by atoms with Crippen molar-refractivity contribution in [3.63, 3.8) is 0 Å². The summed E-state index contributed by atoms with van der Waals surface area (Å²) in [5, 5.41) is 0.799. The first kappa shape index (κ1) is 16.8.